The molecular formula is C16H22N2O3. The summed E-state index contributed by atoms with van der Waals surface area (Å²) in [4.78, 5) is 4.37. The van der Waals surface area contributed by atoms with Crippen LogP contribution in [-0.4, -0.2) is 28.0 Å². The van der Waals surface area contributed by atoms with Crippen LogP contribution in [0.5, 0.6) is 0 Å². The van der Waals surface area contributed by atoms with Crippen molar-refractivity contribution < 1.29 is 14.4 Å². The number of aliphatic hydroxyl groups excluding tert-OH is 1. The topological polar surface area (TPSA) is 68.4 Å². The maximum atomic E-state index is 9.89. The molecule has 5 heteroatoms. The molecule has 2 unspecified atom stereocenters. The van der Waals surface area contributed by atoms with Crippen LogP contribution in [0.3, 0.4) is 0 Å². The summed E-state index contributed by atoms with van der Waals surface area (Å²) in [5.41, 5.74) is 0.983. The first-order valence-corrected chi connectivity index (χ1v) is 7.29. The molecule has 5 nitrogen and oxygen atoms in total. The molecule has 1 aromatic carbocycles. The van der Waals surface area contributed by atoms with Gasteiger partial charge in [-0.15, -0.1) is 0 Å². The van der Waals surface area contributed by atoms with E-state index in [1.165, 1.54) is 0 Å². The summed E-state index contributed by atoms with van der Waals surface area (Å²) in [5.74, 6) is 1.08. The van der Waals surface area contributed by atoms with Gasteiger partial charge in [-0.25, -0.2) is 0 Å². The molecular weight excluding hydrogens is 268 g/mol. The van der Waals surface area contributed by atoms with Gasteiger partial charge in [0.1, 0.15) is 6.10 Å². The minimum absolute atomic E-state index is 0.150. The summed E-state index contributed by atoms with van der Waals surface area (Å²) in [6, 6.07) is 9.79. The first kappa shape index (κ1) is 15.7. The fraction of sp³-hybridized carbons (Fsp3) is 0.500. The lowest BCUT2D eigenvalue weighted by Gasteiger charge is -2.13. The minimum atomic E-state index is -0.486. The molecule has 21 heavy (non-hydrogen) atoms. The van der Waals surface area contributed by atoms with Crippen molar-refractivity contribution in [3.63, 3.8) is 0 Å². The van der Waals surface area contributed by atoms with Crippen LogP contribution in [0.15, 0.2) is 34.9 Å². The maximum Gasteiger partial charge on any atom is 0.229 e. The summed E-state index contributed by atoms with van der Waals surface area (Å²) in [7, 11) is 0. The molecule has 0 amide bonds. The average Bonchev–Trinajstić information content (AvgIpc) is 2.93. The number of nitrogens with zero attached hydrogens (tertiary/aromatic N) is 2. The number of rotatable bonds is 7. The Kier molecular flexibility index (Phi) is 5.47. The summed E-state index contributed by atoms with van der Waals surface area (Å²) in [6.07, 6.45) is -0.469. The molecule has 1 aromatic heterocycles. The van der Waals surface area contributed by atoms with E-state index in [4.69, 9.17) is 9.26 Å². The molecule has 2 atom stereocenters. The first-order valence-electron chi connectivity index (χ1n) is 7.29. The van der Waals surface area contributed by atoms with Crippen LogP contribution in [0.25, 0.3) is 0 Å². The molecule has 0 bridgehead atoms. The average molecular weight is 290 g/mol. The lowest BCUT2D eigenvalue weighted by molar-refractivity contribution is 0.0832. The molecule has 0 fully saturated rings. The monoisotopic (exact) mass is 290 g/mol. The van der Waals surface area contributed by atoms with E-state index in [9.17, 15) is 5.11 Å². The van der Waals surface area contributed by atoms with E-state index in [2.05, 4.69) is 10.1 Å². The van der Waals surface area contributed by atoms with Crippen LogP contribution in [-0.2, 0) is 11.2 Å². The number of aromatic nitrogens is 2. The zero-order valence-electron chi connectivity index (χ0n) is 12.7. The SMILES string of the molecule is CCOC(c1ccccc1)c1noc(CC(O)C(C)C)n1. The molecule has 2 rings (SSSR count). The predicted molar refractivity (Wildman–Crippen MR) is 78.8 cm³/mol. The lowest BCUT2D eigenvalue weighted by atomic mass is 10.0. The van der Waals surface area contributed by atoms with Gasteiger partial charge in [-0.2, -0.15) is 4.98 Å². The Morgan fingerprint density at radius 3 is 2.57 bits per heavy atom. The molecule has 114 valence electrons. The highest BCUT2D eigenvalue weighted by Crippen LogP contribution is 2.24. The largest absolute Gasteiger partial charge is 0.392 e. The van der Waals surface area contributed by atoms with Crippen molar-refractivity contribution in [3.05, 3.63) is 47.6 Å². The Morgan fingerprint density at radius 2 is 1.95 bits per heavy atom. The van der Waals surface area contributed by atoms with Gasteiger partial charge in [-0.1, -0.05) is 49.3 Å². The highest BCUT2D eigenvalue weighted by molar-refractivity contribution is 5.22. The third-order valence-corrected chi connectivity index (χ3v) is 3.31. The van der Waals surface area contributed by atoms with Gasteiger partial charge < -0.3 is 14.4 Å². The smallest absolute Gasteiger partial charge is 0.229 e. The maximum absolute atomic E-state index is 9.89. The Bertz CT molecular complexity index is 539. The molecule has 0 saturated heterocycles. The van der Waals surface area contributed by atoms with Crippen LogP contribution in [0.4, 0.5) is 0 Å². The lowest BCUT2D eigenvalue weighted by Crippen LogP contribution is -2.17. The van der Waals surface area contributed by atoms with Gasteiger partial charge in [0, 0.05) is 6.61 Å². The second-order valence-electron chi connectivity index (χ2n) is 5.31. The third-order valence-electron chi connectivity index (χ3n) is 3.31. The fourth-order valence-electron chi connectivity index (χ4n) is 1.99. The molecule has 0 spiro atoms. The Morgan fingerprint density at radius 1 is 1.24 bits per heavy atom. The molecule has 0 radical (unpaired) electrons. The van der Waals surface area contributed by atoms with Gasteiger partial charge in [0.2, 0.25) is 11.7 Å². The van der Waals surface area contributed by atoms with Crippen LogP contribution >= 0.6 is 0 Å². The van der Waals surface area contributed by atoms with Crippen LogP contribution < -0.4 is 0 Å². The van der Waals surface area contributed by atoms with Gasteiger partial charge in [0.25, 0.3) is 0 Å². The van der Waals surface area contributed by atoms with Crippen molar-refractivity contribution in [2.45, 2.75) is 39.4 Å². The summed E-state index contributed by atoms with van der Waals surface area (Å²) >= 11 is 0. The quantitative estimate of drug-likeness (QED) is 0.849. The highest BCUT2D eigenvalue weighted by atomic mass is 16.5. The Balaban J connectivity index is 2.17. The van der Waals surface area contributed by atoms with Crippen LogP contribution in [0.2, 0.25) is 0 Å². The normalized spacial score (nSPS) is 14.3. The number of aliphatic hydroxyl groups is 1. The van der Waals surface area contributed by atoms with E-state index < -0.39 is 6.10 Å². The van der Waals surface area contributed by atoms with E-state index in [1.54, 1.807) is 0 Å². The standard InChI is InChI=1S/C16H22N2O3/c1-4-20-15(12-8-6-5-7-9-12)16-17-14(21-18-16)10-13(19)11(2)3/h5-9,11,13,15,19H,4,10H2,1-3H3. The van der Waals surface area contributed by atoms with Gasteiger partial charge >= 0.3 is 0 Å². The second-order valence-corrected chi connectivity index (χ2v) is 5.31. The first-order chi connectivity index (χ1) is 10.1. The summed E-state index contributed by atoms with van der Waals surface area (Å²) < 4.78 is 11.0. The van der Waals surface area contributed by atoms with Crippen LogP contribution in [0, 0.1) is 5.92 Å². The Labute approximate surface area is 125 Å². The van der Waals surface area contributed by atoms with Crippen molar-refractivity contribution in [2.75, 3.05) is 6.61 Å². The van der Waals surface area contributed by atoms with Gasteiger partial charge in [-0.05, 0) is 18.4 Å². The van der Waals surface area contributed by atoms with E-state index in [-0.39, 0.29) is 12.0 Å². The molecule has 0 aliphatic rings. The zero-order chi connectivity index (χ0) is 15.2. The summed E-state index contributed by atoms with van der Waals surface area (Å²) in [6.45, 7) is 6.39. The number of ether oxygens (including phenoxy) is 1. The van der Waals surface area contributed by atoms with Gasteiger partial charge in [0.05, 0.1) is 12.5 Å². The van der Waals surface area contributed by atoms with Crippen molar-refractivity contribution in [1.82, 2.24) is 10.1 Å². The van der Waals surface area contributed by atoms with Crippen molar-refractivity contribution in [2.24, 2.45) is 5.92 Å². The van der Waals surface area contributed by atoms with Crippen molar-refractivity contribution in [3.8, 4) is 0 Å². The van der Waals surface area contributed by atoms with E-state index in [0.717, 1.165) is 5.56 Å². The minimum Gasteiger partial charge on any atom is -0.392 e. The van der Waals surface area contributed by atoms with E-state index in [1.807, 2.05) is 51.1 Å². The number of benzene rings is 1. The molecule has 0 aliphatic heterocycles. The van der Waals surface area contributed by atoms with E-state index in [0.29, 0.717) is 24.7 Å². The third kappa shape index (κ3) is 4.12. The zero-order valence-corrected chi connectivity index (χ0v) is 12.7. The van der Waals surface area contributed by atoms with E-state index >= 15 is 0 Å². The van der Waals surface area contributed by atoms with Crippen molar-refractivity contribution >= 4 is 0 Å². The fourth-order valence-corrected chi connectivity index (χ4v) is 1.99. The number of hydrogen-bond acceptors (Lipinski definition) is 5. The molecule has 0 aliphatic carbocycles. The van der Waals surface area contributed by atoms with Gasteiger partial charge in [-0.3, -0.25) is 0 Å². The van der Waals surface area contributed by atoms with Crippen molar-refractivity contribution in [1.29, 1.82) is 0 Å². The Hall–Kier alpha value is -1.72. The molecule has 2 aromatic rings. The highest BCUT2D eigenvalue weighted by Gasteiger charge is 2.22. The van der Waals surface area contributed by atoms with Gasteiger partial charge in [0.15, 0.2) is 0 Å². The predicted octanol–water partition coefficient (Wildman–Crippen LogP) is 2.75. The molecule has 1 heterocycles. The summed E-state index contributed by atoms with van der Waals surface area (Å²) in [5, 5.41) is 13.9. The molecule has 0 saturated carbocycles. The molecule has 1 N–H and O–H groups in total. The van der Waals surface area contributed by atoms with Crippen LogP contribution in [0.1, 0.15) is 44.2 Å². The number of hydrogen-bond donors (Lipinski definition) is 1. The second kappa shape index (κ2) is 7.33.